The number of halogens is 1. The van der Waals surface area contributed by atoms with Crippen LogP contribution in [0.3, 0.4) is 0 Å². The van der Waals surface area contributed by atoms with E-state index in [-0.39, 0.29) is 5.91 Å². The number of nitrogen functional groups attached to an aromatic ring is 1. The fraction of sp³-hybridized carbons (Fsp3) is 0.300. The van der Waals surface area contributed by atoms with Gasteiger partial charge in [0.1, 0.15) is 0 Å². The fourth-order valence-electron chi connectivity index (χ4n) is 1.46. The zero-order valence-electron chi connectivity index (χ0n) is 7.59. The van der Waals surface area contributed by atoms with Crippen LogP contribution in [0, 0.1) is 0 Å². The van der Waals surface area contributed by atoms with Crippen LogP contribution in [0.25, 0.3) is 0 Å². The number of carbonyl (C=O) groups is 1. The highest BCUT2D eigenvalue weighted by Gasteiger charge is 2.24. The van der Waals surface area contributed by atoms with E-state index in [4.69, 9.17) is 17.4 Å². The van der Waals surface area contributed by atoms with Gasteiger partial charge in [-0.1, -0.05) is 17.7 Å². The van der Waals surface area contributed by atoms with E-state index >= 15 is 0 Å². The summed E-state index contributed by atoms with van der Waals surface area (Å²) in [5, 5.41) is 0.470. The van der Waals surface area contributed by atoms with Crippen LogP contribution in [0.1, 0.15) is 34.7 Å². The van der Waals surface area contributed by atoms with Crippen molar-refractivity contribution in [2.24, 2.45) is 5.84 Å². The third kappa shape index (κ3) is 1.74. The van der Waals surface area contributed by atoms with Crippen LogP contribution in [0.4, 0.5) is 0 Å². The van der Waals surface area contributed by atoms with Crippen LogP contribution < -0.4 is 11.3 Å². The highest BCUT2D eigenvalue weighted by Crippen LogP contribution is 2.41. The number of nitrogens with two attached hydrogens (primary N) is 1. The van der Waals surface area contributed by atoms with E-state index in [1.165, 1.54) is 18.4 Å². The highest BCUT2D eigenvalue weighted by atomic mass is 35.5. The van der Waals surface area contributed by atoms with E-state index in [9.17, 15) is 4.79 Å². The number of hydrogen-bond acceptors (Lipinski definition) is 2. The molecule has 0 radical (unpaired) electrons. The molecular weight excluding hydrogens is 200 g/mol. The minimum Gasteiger partial charge on any atom is -0.290 e. The topological polar surface area (TPSA) is 55.1 Å². The van der Waals surface area contributed by atoms with Gasteiger partial charge in [0.05, 0.1) is 10.6 Å². The van der Waals surface area contributed by atoms with Gasteiger partial charge in [-0.15, -0.1) is 0 Å². The van der Waals surface area contributed by atoms with E-state index in [2.05, 4.69) is 5.43 Å². The lowest BCUT2D eigenvalue weighted by molar-refractivity contribution is 0.0954. The zero-order chi connectivity index (χ0) is 10.1. The first-order valence-electron chi connectivity index (χ1n) is 4.52. The van der Waals surface area contributed by atoms with Crippen molar-refractivity contribution in [1.82, 2.24) is 5.43 Å². The predicted octanol–water partition coefficient (Wildman–Crippen LogP) is 1.82. The molecule has 0 unspecified atom stereocenters. The van der Waals surface area contributed by atoms with E-state index in [1.54, 1.807) is 6.07 Å². The summed E-state index contributed by atoms with van der Waals surface area (Å²) in [6.07, 6.45) is 2.44. The quantitative estimate of drug-likeness (QED) is 0.445. The van der Waals surface area contributed by atoms with E-state index in [1.807, 2.05) is 12.1 Å². The molecule has 1 fully saturated rings. The molecule has 14 heavy (non-hydrogen) atoms. The third-order valence-corrected chi connectivity index (χ3v) is 2.73. The molecular formula is C10H11ClN2O. The first kappa shape index (κ1) is 9.49. The Morgan fingerprint density at radius 2 is 2.21 bits per heavy atom. The molecule has 4 heteroatoms. The molecule has 1 saturated carbocycles. The third-order valence-electron chi connectivity index (χ3n) is 2.42. The maximum atomic E-state index is 11.2. The van der Waals surface area contributed by atoms with Crippen LogP contribution in [-0.2, 0) is 0 Å². The molecule has 1 aromatic rings. The largest absolute Gasteiger partial charge is 0.290 e. The van der Waals surface area contributed by atoms with Gasteiger partial charge in [-0.05, 0) is 36.5 Å². The van der Waals surface area contributed by atoms with Crippen LogP contribution >= 0.6 is 11.6 Å². The van der Waals surface area contributed by atoms with Crippen molar-refractivity contribution in [3.63, 3.8) is 0 Å². The van der Waals surface area contributed by atoms with Gasteiger partial charge < -0.3 is 0 Å². The number of carbonyl (C=O) groups excluding carboxylic acids is 1. The summed E-state index contributed by atoms with van der Waals surface area (Å²) in [7, 11) is 0. The van der Waals surface area contributed by atoms with Gasteiger partial charge in [-0.2, -0.15) is 0 Å². The summed E-state index contributed by atoms with van der Waals surface area (Å²) in [5.74, 6) is 5.32. The second-order valence-electron chi connectivity index (χ2n) is 3.49. The molecule has 3 nitrogen and oxygen atoms in total. The zero-order valence-corrected chi connectivity index (χ0v) is 8.34. The maximum absolute atomic E-state index is 11.2. The van der Waals surface area contributed by atoms with Gasteiger partial charge in [0.15, 0.2) is 0 Å². The molecule has 1 aliphatic rings. The Morgan fingerprint density at radius 3 is 2.71 bits per heavy atom. The maximum Gasteiger partial charge on any atom is 0.266 e. The summed E-state index contributed by atoms with van der Waals surface area (Å²) in [6.45, 7) is 0. The predicted molar refractivity (Wildman–Crippen MR) is 55.1 cm³/mol. The van der Waals surface area contributed by atoms with Crippen molar-refractivity contribution in [1.29, 1.82) is 0 Å². The summed E-state index contributed by atoms with van der Waals surface area (Å²) in [4.78, 5) is 11.2. The van der Waals surface area contributed by atoms with Crippen LogP contribution in [0.5, 0.6) is 0 Å². The molecule has 0 saturated heterocycles. The second kappa shape index (κ2) is 3.59. The van der Waals surface area contributed by atoms with Gasteiger partial charge in [-0.3, -0.25) is 10.2 Å². The van der Waals surface area contributed by atoms with Crippen molar-refractivity contribution in [3.05, 3.63) is 34.3 Å². The highest BCUT2D eigenvalue weighted by molar-refractivity contribution is 6.33. The SMILES string of the molecule is NNC(=O)c1ccc(C2CC2)cc1Cl. The smallest absolute Gasteiger partial charge is 0.266 e. The standard InChI is InChI=1S/C10H11ClN2O/c11-9-5-7(6-1-2-6)3-4-8(9)10(14)13-12/h3-6H,1-2,12H2,(H,13,14). The van der Waals surface area contributed by atoms with E-state index < -0.39 is 0 Å². The van der Waals surface area contributed by atoms with Gasteiger partial charge in [0.2, 0.25) is 0 Å². The van der Waals surface area contributed by atoms with E-state index in [0.717, 1.165) is 0 Å². The van der Waals surface area contributed by atoms with Crippen LogP contribution in [0.2, 0.25) is 5.02 Å². The normalized spacial score (nSPS) is 15.3. The average molecular weight is 211 g/mol. The molecule has 2 rings (SSSR count). The van der Waals surface area contributed by atoms with Crippen molar-refractivity contribution < 1.29 is 4.79 Å². The first-order valence-corrected chi connectivity index (χ1v) is 4.90. The lowest BCUT2D eigenvalue weighted by atomic mass is 10.1. The van der Waals surface area contributed by atoms with Crippen molar-refractivity contribution >= 4 is 17.5 Å². The summed E-state index contributed by atoms with van der Waals surface area (Å²) in [6, 6.07) is 5.51. The van der Waals surface area contributed by atoms with E-state index in [0.29, 0.717) is 16.5 Å². The molecule has 0 aromatic heterocycles. The number of amides is 1. The van der Waals surface area contributed by atoms with Gasteiger partial charge in [0.25, 0.3) is 5.91 Å². The lowest BCUT2D eigenvalue weighted by Gasteiger charge is -2.04. The minimum atomic E-state index is -0.350. The fourth-order valence-corrected chi connectivity index (χ4v) is 1.74. The van der Waals surface area contributed by atoms with Gasteiger partial charge in [-0.25, -0.2) is 5.84 Å². The summed E-state index contributed by atoms with van der Waals surface area (Å²) in [5.41, 5.74) is 3.70. The molecule has 1 amide bonds. The molecule has 1 aromatic carbocycles. The molecule has 0 bridgehead atoms. The Kier molecular flexibility index (Phi) is 2.44. The monoisotopic (exact) mass is 210 g/mol. The van der Waals surface area contributed by atoms with Crippen LogP contribution in [0.15, 0.2) is 18.2 Å². The molecule has 3 N–H and O–H groups in total. The second-order valence-corrected chi connectivity index (χ2v) is 3.89. The minimum absolute atomic E-state index is 0.350. The number of hydrogen-bond donors (Lipinski definition) is 2. The first-order chi connectivity index (χ1) is 6.72. The molecule has 0 atom stereocenters. The Hall–Kier alpha value is -1.06. The van der Waals surface area contributed by atoms with Crippen molar-refractivity contribution in [2.75, 3.05) is 0 Å². The van der Waals surface area contributed by atoms with Crippen LogP contribution in [-0.4, -0.2) is 5.91 Å². The van der Waals surface area contributed by atoms with Crippen molar-refractivity contribution in [2.45, 2.75) is 18.8 Å². The number of rotatable bonds is 2. The molecule has 0 aliphatic heterocycles. The lowest BCUT2D eigenvalue weighted by Crippen LogP contribution is -2.30. The summed E-state index contributed by atoms with van der Waals surface area (Å²) < 4.78 is 0. The van der Waals surface area contributed by atoms with Crippen molar-refractivity contribution in [3.8, 4) is 0 Å². The number of nitrogens with one attached hydrogen (secondary N) is 1. The van der Waals surface area contributed by atoms with Gasteiger partial charge in [0, 0.05) is 0 Å². The number of hydrazine groups is 1. The summed E-state index contributed by atoms with van der Waals surface area (Å²) >= 11 is 5.96. The Morgan fingerprint density at radius 1 is 1.50 bits per heavy atom. The average Bonchev–Trinajstić information content (AvgIpc) is 3.00. The molecule has 74 valence electrons. The van der Waals surface area contributed by atoms with Gasteiger partial charge >= 0.3 is 0 Å². The number of benzene rings is 1. The Balaban J connectivity index is 2.30. The molecule has 1 aliphatic carbocycles. The molecule has 0 heterocycles. The Labute approximate surface area is 87.2 Å². The molecule has 0 spiro atoms. The Bertz CT molecular complexity index is 374.